The zero-order valence-electron chi connectivity index (χ0n) is 11.0. The lowest BCUT2D eigenvalue weighted by Crippen LogP contribution is -2.28. The molecule has 1 N–H and O–H groups in total. The molecule has 0 amide bonds. The molecule has 0 spiro atoms. The molecule has 1 aliphatic heterocycles. The highest BCUT2D eigenvalue weighted by atomic mass is 16.5. The summed E-state index contributed by atoms with van der Waals surface area (Å²) in [6.07, 6.45) is 13.0. The summed E-state index contributed by atoms with van der Waals surface area (Å²) in [5.74, 6) is 0.925. The van der Waals surface area contributed by atoms with Gasteiger partial charge in [-0.1, -0.05) is 19.3 Å². The molecular weight excluding hydrogens is 226 g/mol. The second kappa shape index (κ2) is 5.74. The smallest absolute Gasteiger partial charge is 0.157 e. The Bertz CT molecular complexity index is 365. The van der Waals surface area contributed by atoms with Crippen molar-refractivity contribution in [2.45, 2.75) is 57.0 Å². The lowest BCUT2D eigenvalue weighted by molar-refractivity contribution is 0.275. The molecule has 0 radical (unpaired) electrons. The van der Waals surface area contributed by atoms with E-state index in [1.54, 1.807) is 0 Å². The summed E-state index contributed by atoms with van der Waals surface area (Å²) in [6.45, 7) is 1.91. The van der Waals surface area contributed by atoms with Crippen molar-refractivity contribution in [3.05, 3.63) is 12.4 Å². The highest BCUT2D eigenvalue weighted by molar-refractivity contribution is 5.12. The summed E-state index contributed by atoms with van der Waals surface area (Å²) in [7, 11) is 0. The van der Waals surface area contributed by atoms with E-state index in [9.17, 15) is 0 Å². The van der Waals surface area contributed by atoms with E-state index in [1.165, 1.54) is 44.9 Å². The van der Waals surface area contributed by atoms with Gasteiger partial charge in [-0.3, -0.25) is 4.68 Å². The summed E-state index contributed by atoms with van der Waals surface area (Å²) in [5, 5.41) is 7.90. The minimum absolute atomic E-state index is 0.531. The molecule has 3 rings (SSSR count). The van der Waals surface area contributed by atoms with Gasteiger partial charge in [-0.2, -0.15) is 5.10 Å². The van der Waals surface area contributed by atoms with Crippen LogP contribution in [0.25, 0.3) is 0 Å². The molecular formula is C14H23N3O. The first-order valence-electron chi connectivity index (χ1n) is 7.32. The minimum atomic E-state index is 0.531. The van der Waals surface area contributed by atoms with Gasteiger partial charge in [0.1, 0.15) is 6.61 Å². The first kappa shape index (κ1) is 12.0. The lowest BCUT2D eigenvalue weighted by Gasteiger charge is -2.21. The molecule has 1 aromatic heterocycles. The molecule has 100 valence electrons. The number of aromatic nitrogens is 2. The number of nitrogens with zero attached hydrogens (tertiary/aromatic N) is 2. The van der Waals surface area contributed by atoms with Gasteiger partial charge in [0.2, 0.25) is 0 Å². The highest BCUT2D eigenvalue weighted by Crippen LogP contribution is 2.28. The number of nitrogens with one attached hydrogen (secondary N) is 1. The van der Waals surface area contributed by atoms with Crippen molar-refractivity contribution in [3.8, 4) is 5.75 Å². The minimum Gasteiger partial charge on any atom is -0.489 e. The summed E-state index contributed by atoms with van der Waals surface area (Å²) in [5.41, 5.74) is 0. The molecule has 2 aliphatic rings. The molecule has 0 aromatic carbocycles. The van der Waals surface area contributed by atoms with E-state index in [-0.39, 0.29) is 0 Å². The van der Waals surface area contributed by atoms with Crippen LogP contribution >= 0.6 is 0 Å². The summed E-state index contributed by atoms with van der Waals surface area (Å²) in [6, 6.07) is 1.13. The van der Waals surface area contributed by atoms with Gasteiger partial charge in [-0.05, 0) is 32.2 Å². The monoisotopic (exact) mass is 249 g/mol. The maximum Gasteiger partial charge on any atom is 0.157 e. The van der Waals surface area contributed by atoms with Crippen LogP contribution in [-0.4, -0.2) is 29.0 Å². The third-order valence-electron chi connectivity index (χ3n) is 4.14. The Labute approximate surface area is 109 Å². The SMILES string of the molecule is c1nn(C2CCCCC2)cc1OCC1CCCN1. The maximum absolute atomic E-state index is 5.82. The predicted molar refractivity (Wildman–Crippen MR) is 70.9 cm³/mol. The molecule has 1 aromatic rings. The third kappa shape index (κ3) is 2.86. The van der Waals surface area contributed by atoms with E-state index >= 15 is 0 Å². The van der Waals surface area contributed by atoms with Gasteiger partial charge in [0.25, 0.3) is 0 Å². The summed E-state index contributed by atoms with van der Waals surface area (Å²) >= 11 is 0. The standard InChI is InChI=1S/C14H23N3O/c1-2-6-13(7-3-1)17-10-14(9-16-17)18-11-12-5-4-8-15-12/h9-10,12-13,15H,1-8,11H2. The Morgan fingerprint density at radius 1 is 1.22 bits per heavy atom. The van der Waals surface area contributed by atoms with Crippen molar-refractivity contribution in [3.63, 3.8) is 0 Å². The van der Waals surface area contributed by atoms with E-state index in [0.29, 0.717) is 12.1 Å². The average Bonchev–Trinajstić information content (AvgIpc) is 3.09. The van der Waals surface area contributed by atoms with Gasteiger partial charge in [-0.25, -0.2) is 0 Å². The maximum atomic E-state index is 5.82. The van der Waals surface area contributed by atoms with Crippen LogP contribution < -0.4 is 10.1 Å². The van der Waals surface area contributed by atoms with E-state index in [0.717, 1.165) is 18.9 Å². The van der Waals surface area contributed by atoms with Crippen LogP contribution in [0.1, 0.15) is 51.0 Å². The van der Waals surface area contributed by atoms with Crippen LogP contribution in [0.3, 0.4) is 0 Å². The Morgan fingerprint density at radius 2 is 2.11 bits per heavy atom. The molecule has 4 heteroatoms. The molecule has 1 atom stereocenters. The van der Waals surface area contributed by atoms with Gasteiger partial charge in [0, 0.05) is 6.04 Å². The quantitative estimate of drug-likeness (QED) is 0.891. The number of ether oxygens (including phenoxy) is 1. The normalized spacial score (nSPS) is 25.4. The third-order valence-corrected chi connectivity index (χ3v) is 4.14. The summed E-state index contributed by atoms with van der Waals surface area (Å²) in [4.78, 5) is 0. The van der Waals surface area contributed by atoms with Crippen LogP contribution in [0.4, 0.5) is 0 Å². The molecule has 2 fully saturated rings. The molecule has 2 heterocycles. The Hall–Kier alpha value is -1.03. The molecule has 1 unspecified atom stereocenters. The zero-order chi connectivity index (χ0) is 12.2. The second-order valence-electron chi connectivity index (χ2n) is 5.55. The fourth-order valence-corrected chi connectivity index (χ4v) is 3.04. The first-order valence-corrected chi connectivity index (χ1v) is 7.32. The number of hydrogen-bond acceptors (Lipinski definition) is 3. The molecule has 1 saturated heterocycles. The lowest BCUT2D eigenvalue weighted by atomic mass is 9.96. The molecule has 18 heavy (non-hydrogen) atoms. The molecule has 1 saturated carbocycles. The van der Waals surface area contributed by atoms with E-state index in [2.05, 4.69) is 21.3 Å². The van der Waals surface area contributed by atoms with Crippen molar-refractivity contribution in [2.75, 3.05) is 13.2 Å². The molecule has 4 nitrogen and oxygen atoms in total. The van der Waals surface area contributed by atoms with Crippen LogP contribution in [0, 0.1) is 0 Å². The van der Waals surface area contributed by atoms with E-state index in [1.807, 2.05) is 6.20 Å². The number of hydrogen-bond donors (Lipinski definition) is 1. The molecule has 1 aliphatic carbocycles. The van der Waals surface area contributed by atoms with Crippen molar-refractivity contribution in [1.29, 1.82) is 0 Å². The van der Waals surface area contributed by atoms with Gasteiger partial charge in [-0.15, -0.1) is 0 Å². The van der Waals surface area contributed by atoms with Crippen LogP contribution in [0.2, 0.25) is 0 Å². The predicted octanol–water partition coefficient (Wildman–Crippen LogP) is 2.52. The topological polar surface area (TPSA) is 39.1 Å². The zero-order valence-corrected chi connectivity index (χ0v) is 11.0. The van der Waals surface area contributed by atoms with E-state index < -0.39 is 0 Å². The van der Waals surface area contributed by atoms with Crippen LogP contribution in [0.5, 0.6) is 5.75 Å². The van der Waals surface area contributed by atoms with Gasteiger partial charge >= 0.3 is 0 Å². The number of rotatable bonds is 4. The Morgan fingerprint density at radius 3 is 2.89 bits per heavy atom. The second-order valence-corrected chi connectivity index (χ2v) is 5.55. The largest absolute Gasteiger partial charge is 0.489 e. The van der Waals surface area contributed by atoms with Crippen molar-refractivity contribution >= 4 is 0 Å². The van der Waals surface area contributed by atoms with Crippen molar-refractivity contribution in [2.24, 2.45) is 0 Å². The average molecular weight is 249 g/mol. The fourth-order valence-electron chi connectivity index (χ4n) is 3.04. The Kier molecular flexibility index (Phi) is 3.84. The van der Waals surface area contributed by atoms with Crippen LogP contribution in [0.15, 0.2) is 12.4 Å². The fraction of sp³-hybridized carbons (Fsp3) is 0.786. The Balaban J connectivity index is 1.52. The highest BCUT2D eigenvalue weighted by Gasteiger charge is 2.17. The van der Waals surface area contributed by atoms with Crippen molar-refractivity contribution in [1.82, 2.24) is 15.1 Å². The van der Waals surface area contributed by atoms with Crippen LogP contribution in [-0.2, 0) is 0 Å². The first-order chi connectivity index (χ1) is 8.92. The van der Waals surface area contributed by atoms with E-state index in [4.69, 9.17) is 4.74 Å². The van der Waals surface area contributed by atoms with Crippen molar-refractivity contribution < 1.29 is 4.74 Å². The summed E-state index contributed by atoms with van der Waals surface area (Å²) < 4.78 is 7.92. The van der Waals surface area contributed by atoms with Gasteiger partial charge in [0.15, 0.2) is 5.75 Å². The molecule has 0 bridgehead atoms. The van der Waals surface area contributed by atoms with Gasteiger partial charge in [0.05, 0.1) is 18.4 Å². The van der Waals surface area contributed by atoms with Gasteiger partial charge < -0.3 is 10.1 Å².